The Morgan fingerprint density at radius 2 is 2.21 bits per heavy atom. The van der Waals surface area contributed by atoms with Crippen molar-refractivity contribution in [1.29, 1.82) is 0 Å². The van der Waals surface area contributed by atoms with Gasteiger partial charge in [-0.3, -0.25) is 14.9 Å². The van der Waals surface area contributed by atoms with Crippen LogP contribution in [0.3, 0.4) is 0 Å². The SMILES string of the molecule is NC(=O)C1CCCCC1Nc1ncccc1[N+](=O)[O-]. The molecule has 19 heavy (non-hydrogen) atoms. The fraction of sp³-hybridized carbons (Fsp3) is 0.500. The molecule has 0 aromatic carbocycles. The molecule has 0 saturated heterocycles. The zero-order valence-corrected chi connectivity index (χ0v) is 10.4. The fourth-order valence-electron chi connectivity index (χ4n) is 2.48. The molecule has 3 N–H and O–H groups in total. The van der Waals surface area contributed by atoms with Gasteiger partial charge in [0.2, 0.25) is 11.7 Å². The molecule has 1 fully saturated rings. The van der Waals surface area contributed by atoms with Gasteiger partial charge in [0.25, 0.3) is 0 Å². The first-order valence-corrected chi connectivity index (χ1v) is 6.25. The number of aromatic nitrogens is 1. The lowest BCUT2D eigenvalue weighted by Gasteiger charge is -2.30. The van der Waals surface area contributed by atoms with Crippen molar-refractivity contribution >= 4 is 17.4 Å². The molecule has 1 heterocycles. The topological polar surface area (TPSA) is 111 Å². The van der Waals surface area contributed by atoms with E-state index in [-0.39, 0.29) is 29.4 Å². The van der Waals surface area contributed by atoms with Crippen LogP contribution in [0.1, 0.15) is 25.7 Å². The van der Waals surface area contributed by atoms with Crippen LogP contribution in [0.5, 0.6) is 0 Å². The Morgan fingerprint density at radius 1 is 1.47 bits per heavy atom. The van der Waals surface area contributed by atoms with Gasteiger partial charge in [-0.2, -0.15) is 0 Å². The number of amides is 1. The van der Waals surface area contributed by atoms with Gasteiger partial charge in [-0.15, -0.1) is 0 Å². The van der Waals surface area contributed by atoms with Gasteiger partial charge in [-0.05, 0) is 18.9 Å². The lowest BCUT2D eigenvalue weighted by atomic mass is 9.84. The number of anilines is 1. The molecule has 7 nitrogen and oxygen atoms in total. The lowest BCUT2D eigenvalue weighted by molar-refractivity contribution is -0.384. The summed E-state index contributed by atoms with van der Waals surface area (Å²) in [5.74, 6) is -0.461. The molecule has 1 aliphatic carbocycles. The highest BCUT2D eigenvalue weighted by molar-refractivity contribution is 5.78. The minimum absolute atomic E-state index is 0.0868. The highest BCUT2D eigenvalue weighted by Gasteiger charge is 2.31. The van der Waals surface area contributed by atoms with Gasteiger partial charge >= 0.3 is 5.69 Å². The van der Waals surface area contributed by atoms with Gasteiger partial charge in [0.1, 0.15) is 0 Å². The molecule has 1 saturated carbocycles. The van der Waals surface area contributed by atoms with E-state index >= 15 is 0 Å². The Balaban J connectivity index is 2.19. The average Bonchev–Trinajstić information content (AvgIpc) is 2.39. The Labute approximate surface area is 110 Å². The van der Waals surface area contributed by atoms with Crippen molar-refractivity contribution in [3.05, 3.63) is 28.4 Å². The Morgan fingerprint density at radius 3 is 2.89 bits per heavy atom. The largest absolute Gasteiger partial charge is 0.369 e. The van der Waals surface area contributed by atoms with E-state index in [0.717, 1.165) is 19.3 Å². The number of nitrogens with one attached hydrogen (secondary N) is 1. The summed E-state index contributed by atoms with van der Waals surface area (Å²) < 4.78 is 0. The molecule has 102 valence electrons. The highest BCUT2D eigenvalue weighted by Crippen LogP contribution is 2.29. The number of nitrogens with zero attached hydrogens (tertiary/aromatic N) is 2. The second-order valence-corrected chi connectivity index (χ2v) is 4.67. The molecular formula is C12H16N4O3. The molecular weight excluding hydrogens is 248 g/mol. The van der Waals surface area contributed by atoms with Crippen LogP contribution in [0.4, 0.5) is 11.5 Å². The van der Waals surface area contributed by atoms with E-state index < -0.39 is 4.92 Å². The molecule has 1 aliphatic rings. The van der Waals surface area contributed by atoms with Crippen molar-refractivity contribution < 1.29 is 9.72 Å². The second-order valence-electron chi connectivity index (χ2n) is 4.67. The normalized spacial score (nSPS) is 22.7. The third-order valence-electron chi connectivity index (χ3n) is 3.44. The first-order chi connectivity index (χ1) is 9.09. The summed E-state index contributed by atoms with van der Waals surface area (Å²) in [5, 5.41) is 13.9. The molecule has 1 aromatic rings. The van der Waals surface area contributed by atoms with E-state index in [1.165, 1.54) is 18.3 Å². The first-order valence-electron chi connectivity index (χ1n) is 6.25. The molecule has 0 radical (unpaired) electrons. The number of pyridine rings is 1. The summed E-state index contributed by atoms with van der Waals surface area (Å²) in [6, 6.07) is 2.72. The van der Waals surface area contributed by atoms with Crippen molar-refractivity contribution in [2.75, 3.05) is 5.32 Å². The number of hydrogen-bond donors (Lipinski definition) is 2. The van der Waals surface area contributed by atoms with Gasteiger partial charge in [0.05, 0.1) is 10.8 Å². The maximum Gasteiger partial charge on any atom is 0.311 e. The molecule has 2 atom stereocenters. The lowest BCUT2D eigenvalue weighted by Crippen LogP contribution is -2.40. The maximum absolute atomic E-state index is 11.4. The first kappa shape index (κ1) is 13.3. The maximum atomic E-state index is 11.4. The van der Waals surface area contributed by atoms with Crippen molar-refractivity contribution in [3.8, 4) is 0 Å². The van der Waals surface area contributed by atoms with Crippen LogP contribution >= 0.6 is 0 Å². The number of nitrogens with two attached hydrogens (primary N) is 1. The molecule has 1 aromatic heterocycles. The summed E-state index contributed by atoms with van der Waals surface area (Å²) in [5.41, 5.74) is 5.29. The van der Waals surface area contributed by atoms with E-state index in [2.05, 4.69) is 10.3 Å². The quantitative estimate of drug-likeness (QED) is 0.631. The summed E-state index contributed by atoms with van der Waals surface area (Å²) in [7, 11) is 0. The van der Waals surface area contributed by atoms with E-state index in [1.54, 1.807) is 0 Å². The van der Waals surface area contributed by atoms with Gasteiger partial charge in [0, 0.05) is 18.3 Å². The van der Waals surface area contributed by atoms with Gasteiger partial charge in [-0.1, -0.05) is 12.8 Å². The Kier molecular flexibility index (Phi) is 3.94. The van der Waals surface area contributed by atoms with Crippen molar-refractivity contribution in [2.45, 2.75) is 31.7 Å². The zero-order chi connectivity index (χ0) is 13.8. The number of carbonyl (C=O) groups excluding carboxylic acids is 1. The standard InChI is InChI=1S/C12H16N4O3/c13-11(17)8-4-1-2-5-9(8)15-12-10(16(18)19)6-3-7-14-12/h3,6-9H,1-2,4-5H2,(H2,13,17)(H,14,15). The van der Waals surface area contributed by atoms with Crippen LogP contribution < -0.4 is 11.1 Å². The summed E-state index contributed by atoms with van der Waals surface area (Å²) in [6.07, 6.45) is 4.89. The van der Waals surface area contributed by atoms with E-state index in [4.69, 9.17) is 5.73 Å². The molecule has 7 heteroatoms. The molecule has 2 unspecified atom stereocenters. The van der Waals surface area contributed by atoms with Gasteiger partial charge < -0.3 is 11.1 Å². The monoisotopic (exact) mass is 264 g/mol. The van der Waals surface area contributed by atoms with Crippen LogP contribution in [0.2, 0.25) is 0 Å². The Bertz CT molecular complexity index is 492. The minimum Gasteiger partial charge on any atom is -0.369 e. The van der Waals surface area contributed by atoms with Crippen molar-refractivity contribution in [2.24, 2.45) is 11.7 Å². The number of nitro groups is 1. The van der Waals surface area contributed by atoms with Crippen molar-refractivity contribution in [3.63, 3.8) is 0 Å². The highest BCUT2D eigenvalue weighted by atomic mass is 16.6. The zero-order valence-electron chi connectivity index (χ0n) is 10.4. The number of primary amides is 1. The summed E-state index contributed by atoms with van der Waals surface area (Å²) >= 11 is 0. The third kappa shape index (κ3) is 2.98. The minimum atomic E-state index is -0.489. The van der Waals surface area contributed by atoms with E-state index in [0.29, 0.717) is 6.42 Å². The summed E-state index contributed by atoms with van der Waals surface area (Å²) in [6.45, 7) is 0. The molecule has 0 spiro atoms. The van der Waals surface area contributed by atoms with E-state index in [1.807, 2.05) is 0 Å². The average molecular weight is 264 g/mol. The predicted molar refractivity (Wildman–Crippen MR) is 69.5 cm³/mol. The van der Waals surface area contributed by atoms with Crippen LogP contribution in [0, 0.1) is 16.0 Å². The number of hydrogen-bond acceptors (Lipinski definition) is 5. The molecule has 0 aliphatic heterocycles. The smallest absolute Gasteiger partial charge is 0.311 e. The van der Waals surface area contributed by atoms with Crippen LogP contribution in [0.25, 0.3) is 0 Å². The molecule has 1 amide bonds. The van der Waals surface area contributed by atoms with Crippen LogP contribution in [-0.4, -0.2) is 21.9 Å². The summed E-state index contributed by atoms with van der Waals surface area (Å²) in [4.78, 5) is 25.8. The number of rotatable bonds is 4. The van der Waals surface area contributed by atoms with E-state index in [9.17, 15) is 14.9 Å². The predicted octanol–water partition coefficient (Wildman–Crippen LogP) is 1.45. The van der Waals surface area contributed by atoms with Gasteiger partial charge in [0.15, 0.2) is 0 Å². The van der Waals surface area contributed by atoms with Crippen molar-refractivity contribution in [1.82, 2.24) is 4.98 Å². The van der Waals surface area contributed by atoms with Gasteiger partial charge in [-0.25, -0.2) is 4.98 Å². The number of carbonyl (C=O) groups is 1. The third-order valence-corrected chi connectivity index (χ3v) is 3.44. The molecule has 2 rings (SSSR count). The second kappa shape index (κ2) is 5.64. The fourth-order valence-corrected chi connectivity index (χ4v) is 2.48. The molecule has 0 bridgehead atoms. The Hall–Kier alpha value is -2.18. The van der Waals surface area contributed by atoms with Crippen LogP contribution in [-0.2, 0) is 4.79 Å². The van der Waals surface area contributed by atoms with Crippen LogP contribution in [0.15, 0.2) is 18.3 Å².